The zero-order valence-corrected chi connectivity index (χ0v) is 15.2. The summed E-state index contributed by atoms with van der Waals surface area (Å²) in [6.07, 6.45) is 7.36. The first kappa shape index (κ1) is 18.8. The monoisotopic (exact) mass is 373 g/mol. The van der Waals surface area contributed by atoms with Gasteiger partial charge in [0, 0.05) is 30.7 Å². The van der Waals surface area contributed by atoms with Crippen LogP contribution in [0.5, 0.6) is 11.5 Å². The molecule has 4 rings (SSSR count). The molecule has 2 amide bonds. The van der Waals surface area contributed by atoms with Crippen LogP contribution < -0.4 is 15.2 Å². The molecule has 8 heteroatoms. The number of pyridine rings is 1. The van der Waals surface area contributed by atoms with E-state index in [4.69, 9.17) is 20.3 Å². The molecule has 2 heterocycles. The molecule has 3 N–H and O–H groups in total. The van der Waals surface area contributed by atoms with Crippen LogP contribution in [0.3, 0.4) is 0 Å². The van der Waals surface area contributed by atoms with Gasteiger partial charge in [0.05, 0.1) is 11.1 Å². The van der Waals surface area contributed by atoms with E-state index in [-0.39, 0.29) is 18.4 Å². The molecule has 1 fully saturated rings. The molecule has 0 saturated heterocycles. The SMILES string of the molecule is CN(C(N)=O)C1CCCCC1.O=C(O)c1cnc2cc3c(cc2c1)OCO3. The van der Waals surface area contributed by atoms with Crippen LogP contribution in [-0.2, 0) is 0 Å². The lowest BCUT2D eigenvalue weighted by molar-refractivity contribution is 0.0696. The van der Waals surface area contributed by atoms with E-state index < -0.39 is 5.97 Å². The highest BCUT2D eigenvalue weighted by Gasteiger charge is 2.19. The number of carboxylic acids is 1. The van der Waals surface area contributed by atoms with Gasteiger partial charge in [-0.15, -0.1) is 0 Å². The van der Waals surface area contributed by atoms with Crippen LogP contribution in [0, 0.1) is 0 Å². The number of nitrogens with two attached hydrogens (primary N) is 1. The summed E-state index contributed by atoms with van der Waals surface area (Å²) in [4.78, 5) is 27.3. The van der Waals surface area contributed by atoms with Crippen LogP contribution in [-0.4, -0.2) is 46.9 Å². The second-order valence-electron chi connectivity index (χ2n) is 6.67. The highest BCUT2D eigenvalue weighted by atomic mass is 16.7. The van der Waals surface area contributed by atoms with E-state index in [1.165, 1.54) is 25.5 Å². The van der Waals surface area contributed by atoms with Crippen LogP contribution in [0.2, 0.25) is 0 Å². The van der Waals surface area contributed by atoms with Crippen molar-refractivity contribution in [3.8, 4) is 11.5 Å². The first-order chi connectivity index (χ1) is 13.0. The van der Waals surface area contributed by atoms with Crippen LogP contribution in [0.15, 0.2) is 24.4 Å². The molecular weight excluding hydrogens is 350 g/mol. The lowest BCUT2D eigenvalue weighted by atomic mass is 9.95. The van der Waals surface area contributed by atoms with E-state index in [2.05, 4.69) is 4.98 Å². The van der Waals surface area contributed by atoms with Crippen LogP contribution in [0.25, 0.3) is 10.9 Å². The quantitative estimate of drug-likeness (QED) is 0.836. The van der Waals surface area contributed by atoms with Gasteiger partial charge in [0.1, 0.15) is 0 Å². The molecule has 1 aromatic heterocycles. The third-order valence-corrected chi connectivity index (χ3v) is 4.89. The first-order valence-electron chi connectivity index (χ1n) is 8.90. The van der Waals surface area contributed by atoms with E-state index in [9.17, 15) is 9.59 Å². The number of ether oxygens (including phenoxy) is 2. The summed E-state index contributed by atoms with van der Waals surface area (Å²) >= 11 is 0. The Labute approximate surface area is 156 Å². The number of carboxylic acid groups (broad SMARTS) is 1. The van der Waals surface area contributed by atoms with Gasteiger partial charge in [-0.05, 0) is 25.0 Å². The lowest BCUT2D eigenvalue weighted by Crippen LogP contribution is -2.41. The Bertz CT molecular complexity index is 849. The number of fused-ring (bicyclic) bond motifs is 2. The molecule has 144 valence electrons. The maximum atomic E-state index is 10.8. The normalized spacial score (nSPS) is 15.7. The molecule has 0 bridgehead atoms. The van der Waals surface area contributed by atoms with Gasteiger partial charge in [0.25, 0.3) is 0 Å². The lowest BCUT2D eigenvalue weighted by Gasteiger charge is -2.29. The van der Waals surface area contributed by atoms with Crippen molar-refractivity contribution in [3.63, 3.8) is 0 Å². The number of aromatic nitrogens is 1. The van der Waals surface area contributed by atoms with Crippen LogP contribution in [0.4, 0.5) is 4.79 Å². The Morgan fingerprint density at radius 1 is 1.15 bits per heavy atom. The van der Waals surface area contributed by atoms with Gasteiger partial charge in [0.2, 0.25) is 6.79 Å². The smallest absolute Gasteiger partial charge is 0.337 e. The Balaban J connectivity index is 0.000000168. The Morgan fingerprint density at radius 2 is 1.81 bits per heavy atom. The van der Waals surface area contributed by atoms with Crippen molar-refractivity contribution in [2.24, 2.45) is 5.73 Å². The molecule has 1 aliphatic carbocycles. The van der Waals surface area contributed by atoms with Crippen LogP contribution >= 0.6 is 0 Å². The summed E-state index contributed by atoms with van der Waals surface area (Å²) in [5, 5.41) is 9.57. The zero-order valence-electron chi connectivity index (χ0n) is 15.2. The van der Waals surface area contributed by atoms with Gasteiger partial charge in [-0.2, -0.15) is 0 Å². The van der Waals surface area contributed by atoms with Crippen molar-refractivity contribution >= 4 is 22.9 Å². The highest BCUT2D eigenvalue weighted by molar-refractivity contribution is 5.93. The van der Waals surface area contributed by atoms with E-state index in [1.807, 2.05) is 0 Å². The van der Waals surface area contributed by atoms with Gasteiger partial charge in [-0.3, -0.25) is 4.98 Å². The standard InChI is InChI=1S/C11H7NO4.C8H16N2O/c13-11(14)7-1-6-2-9-10(16-5-15-9)3-8(6)12-4-7;1-10(8(9)11)7-5-3-2-4-6-7/h1-4H,5H2,(H,13,14);7H,2-6H2,1H3,(H2,9,11). The molecule has 8 nitrogen and oxygen atoms in total. The van der Waals surface area contributed by atoms with Crippen molar-refractivity contribution in [2.75, 3.05) is 13.8 Å². The van der Waals surface area contributed by atoms with E-state index in [0.717, 1.165) is 18.2 Å². The molecule has 0 radical (unpaired) electrons. The molecule has 1 aromatic carbocycles. The van der Waals surface area contributed by atoms with Crippen molar-refractivity contribution < 1.29 is 24.2 Å². The number of urea groups is 1. The summed E-state index contributed by atoms with van der Waals surface area (Å²) in [5.74, 6) is 0.270. The van der Waals surface area contributed by atoms with Crippen molar-refractivity contribution in [2.45, 2.75) is 38.1 Å². The molecule has 27 heavy (non-hydrogen) atoms. The highest BCUT2D eigenvalue weighted by Crippen LogP contribution is 2.35. The summed E-state index contributed by atoms with van der Waals surface area (Å²) in [7, 11) is 1.79. The molecule has 0 unspecified atom stereocenters. The largest absolute Gasteiger partial charge is 0.478 e. The van der Waals surface area contributed by atoms with E-state index in [0.29, 0.717) is 23.1 Å². The van der Waals surface area contributed by atoms with Gasteiger partial charge in [-0.1, -0.05) is 19.3 Å². The summed E-state index contributed by atoms with van der Waals surface area (Å²) < 4.78 is 10.4. The number of hydrogen-bond donors (Lipinski definition) is 2. The fourth-order valence-electron chi connectivity index (χ4n) is 3.28. The Hall–Kier alpha value is -3.03. The number of carbonyl (C=O) groups excluding carboxylic acids is 1. The predicted molar refractivity (Wildman–Crippen MR) is 99.0 cm³/mol. The van der Waals surface area contributed by atoms with Crippen molar-refractivity contribution in [1.29, 1.82) is 0 Å². The topological polar surface area (TPSA) is 115 Å². The minimum absolute atomic E-state index is 0.159. The second-order valence-corrected chi connectivity index (χ2v) is 6.67. The van der Waals surface area contributed by atoms with Crippen molar-refractivity contribution in [3.05, 3.63) is 30.0 Å². The predicted octanol–water partition coefficient (Wildman–Crippen LogP) is 2.99. The number of carbonyl (C=O) groups is 2. The average molecular weight is 373 g/mol. The first-order valence-corrected chi connectivity index (χ1v) is 8.90. The fraction of sp³-hybridized carbons (Fsp3) is 0.421. The molecule has 0 spiro atoms. The third kappa shape index (κ3) is 4.39. The average Bonchev–Trinajstić information content (AvgIpc) is 3.13. The third-order valence-electron chi connectivity index (χ3n) is 4.89. The number of benzene rings is 1. The number of rotatable bonds is 2. The summed E-state index contributed by atoms with van der Waals surface area (Å²) in [6.45, 7) is 0.192. The Morgan fingerprint density at radius 3 is 2.44 bits per heavy atom. The van der Waals surface area contributed by atoms with Crippen LogP contribution in [0.1, 0.15) is 42.5 Å². The minimum Gasteiger partial charge on any atom is -0.478 e. The molecule has 1 aliphatic heterocycles. The second kappa shape index (κ2) is 8.11. The summed E-state index contributed by atoms with van der Waals surface area (Å²) in [6, 6.07) is 5.14. The van der Waals surface area contributed by atoms with Gasteiger partial charge in [-0.25, -0.2) is 9.59 Å². The maximum absolute atomic E-state index is 10.8. The Kier molecular flexibility index (Phi) is 5.63. The minimum atomic E-state index is -0.993. The van der Waals surface area contributed by atoms with Crippen molar-refractivity contribution in [1.82, 2.24) is 9.88 Å². The molecule has 1 saturated carbocycles. The number of aromatic carboxylic acids is 1. The van der Waals surface area contributed by atoms with Gasteiger partial charge in [0.15, 0.2) is 11.5 Å². The number of amides is 2. The fourth-order valence-corrected chi connectivity index (χ4v) is 3.28. The molecule has 2 aliphatic rings. The maximum Gasteiger partial charge on any atom is 0.337 e. The number of hydrogen-bond acceptors (Lipinski definition) is 5. The number of nitrogens with zero attached hydrogens (tertiary/aromatic N) is 2. The number of primary amides is 1. The molecule has 0 atom stereocenters. The van der Waals surface area contributed by atoms with Gasteiger partial charge >= 0.3 is 12.0 Å². The molecule has 2 aromatic rings. The summed E-state index contributed by atoms with van der Waals surface area (Å²) in [5.41, 5.74) is 6.00. The molecular formula is C19H23N3O5. The van der Waals surface area contributed by atoms with E-state index in [1.54, 1.807) is 30.1 Å². The van der Waals surface area contributed by atoms with Gasteiger partial charge < -0.3 is 25.2 Å². The van der Waals surface area contributed by atoms with E-state index >= 15 is 0 Å². The zero-order chi connectivity index (χ0) is 19.4.